The number of nitriles is 1. The number of amides is 1. The van der Waals surface area contributed by atoms with Gasteiger partial charge in [-0.25, -0.2) is 0 Å². The molecule has 0 bridgehead atoms. The van der Waals surface area contributed by atoms with E-state index in [1.54, 1.807) is 42.5 Å². The molecule has 2 aromatic carbocycles. The second-order valence-electron chi connectivity index (χ2n) is 7.36. The Morgan fingerprint density at radius 1 is 1.28 bits per heavy atom. The number of hydrogen-bond donors (Lipinski definition) is 1. The van der Waals surface area contributed by atoms with Gasteiger partial charge in [-0.05, 0) is 44.0 Å². The molecule has 2 aliphatic rings. The minimum atomic E-state index is -4.97. The van der Waals surface area contributed by atoms with Crippen LogP contribution in [-0.2, 0) is 10.3 Å². The molecule has 8 heteroatoms. The van der Waals surface area contributed by atoms with Crippen LogP contribution >= 0.6 is 0 Å². The number of para-hydroxylation sites is 1. The molecule has 0 aromatic heterocycles. The topological polar surface area (TPSA) is 65.4 Å². The Balaban J connectivity index is 1.89. The number of alkyl halides is 3. The molecule has 2 heterocycles. The van der Waals surface area contributed by atoms with Crippen molar-refractivity contribution in [2.45, 2.75) is 37.5 Å². The van der Waals surface area contributed by atoms with Crippen LogP contribution in [0.1, 0.15) is 30.9 Å². The molecule has 1 fully saturated rings. The molecule has 0 saturated carbocycles. The highest BCUT2D eigenvalue weighted by Gasteiger charge is 2.51. The Labute approximate surface area is 165 Å². The molecule has 0 radical (unpaired) electrons. The molecule has 29 heavy (non-hydrogen) atoms. The van der Waals surface area contributed by atoms with E-state index in [1.807, 2.05) is 11.8 Å². The Hall–Kier alpha value is -3.21. The van der Waals surface area contributed by atoms with Crippen LogP contribution in [0.4, 0.5) is 18.9 Å². The highest BCUT2D eigenvalue weighted by molar-refractivity contribution is 5.82. The van der Waals surface area contributed by atoms with Crippen LogP contribution in [0.5, 0.6) is 11.5 Å². The minimum absolute atomic E-state index is 0.385. The van der Waals surface area contributed by atoms with Crippen molar-refractivity contribution in [3.63, 3.8) is 0 Å². The molecule has 4 rings (SSSR count). The van der Waals surface area contributed by atoms with Crippen LogP contribution < -0.4 is 15.0 Å². The zero-order valence-electron chi connectivity index (χ0n) is 15.6. The molecule has 0 spiro atoms. The van der Waals surface area contributed by atoms with Crippen molar-refractivity contribution >= 4 is 11.6 Å². The number of carbonyl (C=O) groups is 1. The summed E-state index contributed by atoms with van der Waals surface area (Å²) < 4.78 is 45.0. The number of fused-ring (bicyclic) bond motifs is 5. The van der Waals surface area contributed by atoms with Gasteiger partial charge < -0.3 is 15.0 Å². The van der Waals surface area contributed by atoms with E-state index >= 15 is 0 Å². The highest BCUT2D eigenvalue weighted by Crippen LogP contribution is 2.51. The van der Waals surface area contributed by atoms with Crippen molar-refractivity contribution in [1.82, 2.24) is 5.32 Å². The third-order valence-electron chi connectivity index (χ3n) is 5.71. The van der Waals surface area contributed by atoms with E-state index in [9.17, 15) is 23.2 Å². The van der Waals surface area contributed by atoms with Gasteiger partial charge in [-0.15, -0.1) is 0 Å². The number of nitrogens with one attached hydrogen (secondary N) is 1. The fourth-order valence-corrected chi connectivity index (χ4v) is 4.29. The second-order valence-corrected chi connectivity index (χ2v) is 7.36. The van der Waals surface area contributed by atoms with Crippen molar-refractivity contribution in [2.75, 3.05) is 11.4 Å². The van der Waals surface area contributed by atoms with Gasteiger partial charge in [-0.3, -0.25) is 4.79 Å². The van der Waals surface area contributed by atoms with E-state index in [0.29, 0.717) is 47.7 Å². The van der Waals surface area contributed by atoms with Crippen LogP contribution in [0.3, 0.4) is 0 Å². The van der Waals surface area contributed by atoms with E-state index in [1.165, 1.54) is 0 Å². The average Bonchev–Trinajstić information content (AvgIpc) is 2.80. The maximum absolute atomic E-state index is 13.0. The second kappa shape index (κ2) is 6.69. The number of carbonyl (C=O) groups excluding carboxylic acids is 1. The number of nitrogens with zero attached hydrogens (tertiary/aromatic N) is 2. The lowest BCUT2D eigenvalue weighted by Gasteiger charge is -2.51. The number of piperidine rings is 1. The fourth-order valence-electron chi connectivity index (χ4n) is 4.29. The molecular weight excluding hydrogens is 383 g/mol. The van der Waals surface area contributed by atoms with Gasteiger partial charge in [0.2, 0.25) is 0 Å². The number of rotatable bonds is 1. The first-order valence-electron chi connectivity index (χ1n) is 9.22. The van der Waals surface area contributed by atoms with Crippen LogP contribution in [-0.4, -0.2) is 24.7 Å². The number of benzene rings is 2. The van der Waals surface area contributed by atoms with E-state index < -0.39 is 23.7 Å². The standard InChI is InChI=1S/C21H18F3N3O2/c1-20-14-5-2-3-6-16(14)29-17-9-8-13(12-25)11-15(17)27(20)10-4-7-18(20)26-19(28)21(22,23)24/h2-3,5-6,8-9,11,18H,4,7,10H2,1H3,(H,26,28)/t18?,20-/m1/s1. The first kappa shape index (κ1) is 19.1. The summed E-state index contributed by atoms with van der Waals surface area (Å²) in [6.45, 7) is 2.36. The maximum atomic E-state index is 13.0. The molecule has 2 aromatic rings. The molecular formula is C21H18F3N3O2. The summed E-state index contributed by atoms with van der Waals surface area (Å²) in [6.07, 6.45) is -4.00. The molecule has 2 atom stereocenters. The van der Waals surface area contributed by atoms with Gasteiger partial charge in [-0.2, -0.15) is 18.4 Å². The summed E-state index contributed by atoms with van der Waals surface area (Å²) in [4.78, 5) is 13.7. The van der Waals surface area contributed by atoms with Gasteiger partial charge in [0.25, 0.3) is 0 Å². The van der Waals surface area contributed by atoms with E-state index in [4.69, 9.17) is 4.74 Å². The van der Waals surface area contributed by atoms with Crippen LogP contribution in [0, 0.1) is 11.3 Å². The lowest BCUT2D eigenvalue weighted by atomic mass is 9.77. The summed E-state index contributed by atoms with van der Waals surface area (Å²) in [5, 5.41) is 11.5. The van der Waals surface area contributed by atoms with Crippen molar-refractivity contribution in [2.24, 2.45) is 0 Å². The first-order valence-corrected chi connectivity index (χ1v) is 9.22. The molecule has 1 unspecified atom stereocenters. The lowest BCUT2D eigenvalue weighted by molar-refractivity contribution is -0.175. The number of ether oxygens (including phenoxy) is 1. The van der Waals surface area contributed by atoms with Crippen LogP contribution in [0.25, 0.3) is 0 Å². The summed E-state index contributed by atoms with van der Waals surface area (Å²) >= 11 is 0. The van der Waals surface area contributed by atoms with Gasteiger partial charge in [0, 0.05) is 12.1 Å². The lowest BCUT2D eigenvalue weighted by Crippen LogP contribution is -2.62. The smallest absolute Gasteiger partial charge is 0.455 e. The molecule has 2 aliphatic heterocycles. The number of hydrogen-bond acceptors (Lipinski definition) is 4. The summed E-state index contributed by atoms with van der Waals surface area (Å²) in [6, 6.07) is 13.4. The van der Waals surface area contributed by atoms with Crippen LogP contribution in [0.15, 0.2) is 42.5 Å². The Morgan fingerprint density at radius 3 is 2.76 bits per heavy atom. The third-order valence-corrected chi connectivity index (χ3v) is 5.71. The molecule has 1 N–H and O–H groups in total. The highest BCUT2D eigenvalue weighted by atomic mass is 19.4. The van der Waals surface area contributed by atoms with Gasteiger partial charge in [0.05, 0.1) is 28.9 Å². The Kier molecular flexibility index (Phi) is 4.41. The van der Waals surface area contributed by atoms with Crippen molar-refractivity contribution < 1.29 is 22.7 Å². The van der Waals surface area contributed by atoms with E-state index in [2.05, 4.69) is 11.4 Å². The molecule has 5 nitrogen and oxygen atoms in total. The monoisotopic (exact) mass is 401 g/mol. The van der Waals surface area contributed by atoms with Crippen LogP contribution in [0.2, 0.25) is 0 Å². The minimum Gasteiger partial charge on any atom is -0.455 e. The fraction of sp³-hybridized carbons (Fsp3) is 0.333. The Morgan fingerprint density at radius 2 is 2.03 bits per heavy atom. The zero-order valence-corrected chi connectivity index (χ0v) is 15.6. The predicted octanol–water partition coefficient (Wildman–Crippen LogP) is 4.23. The quantitative estimate of drug-likeness (QED) is 0.777. The first-order chi connectivity index (χ1) is 13.7. The summed E-state index contributed by atoms with van der Waals surface area (Å²) in [7, 11) is 0. The van der Waals surface area contributed by atoms with Crippen molar-refractivity contribution in [3.05, 3.63) is 53.6 Å². The molecule has 150 valence electrons. The number of anilines is 1. The van der Waals surface area contributed by atoms with Gasteiger partial charge in [0.1, 0.15) is 5.75 Å². The molecule has 0 aliphatic carbocycles. The van der Waals surface area contributed by atoms with Gasteiger partial charge >= 0.3 is 12.1 Å². The van der Waals surface area contributed by atoms with E-state index in [-0.39, 0.29) is 0 Å². The predicted molar refractivity (Wildman–Crippen MR) is 99.6 cm³/mol. The molecule has 1 saturated heterocycles. The summed E-state index contributed by atoms with van der Waals surface area (Å²) in [5.41, 5.74) is 0.729. The van der Waals surface area contributed by atoms with Crippen molar-refractivity contribution in [1.29, 1.82) is 5.26 Å². The SMILES string of the molecule is C[C@]12c3ccccc3Oc3ccc(C#N)cc3N1CCCC2NC(=O)C(F)(F)F. The molecule has 1 amide bonds. The Bertz CT molecular complexity index is 1010. The number of halogens is 3. The summed E-state index contributed by atoms with van der Waals surface area (Å²) in [5.74, 6) is -0.932. The maximum Gasteiger partial charge on any atom is 0.471 e. The van der Waals surface area contributed by atoms with E-state index in [0.717, 1.165) is 0 Å². The zero-order chi connectivity index (χ0) is 20.8. The van der Waals surface area contributed by atoms with Gasteiger partial charge in [-0.1, -0.05) is 18.2 Å². The normalized spacial score (nSPS) is 22.9. The average molecular weight is 401 g/mol. The third kappa shape index (κ3) is 3.07. The van der Waals surface area contributed by atoms with Crippen molar-refractivity contribution in [3.8, 4) is 17.6 Å². The van der Waals surface area contributed by atoms with Gasteiger partial charge in [0.15, 0.2) is 5.75 Å². The largest absolute Gasteiger partial charge is 0.471 e.